The number of H-pyrrole nitrogens is 1. The van der Waals surface area contributed by atoms with Crippen LogP contribution in [0.3, 0.4) is 0 Å². The van der Waals surface area contributed by atoms with Crippen LogP contribution in [0.25, 0.3) is 0 Å². The van der Waals surface area contributed by atoms with Crippen molar-refractivity contribution in [3.8, 4) is 0 Å². The number of aryl methyl sites for hydroxylation is 1. The van der Waals surface area contributed by atoms with Crippen molar-refractivity contribution in [2.75, 3.05) is 6.61 Å². The van der Waals surface area contributed by atoms with E-state index in [-0.39, 0.29) is 24.2 Å². The van der Waals surface area contributed by atoms with Gasteiger partial charge in [-0.1, -0.05) is 0 Å². The van der Waals surface area contributed by atoms with Crippen LogP contribution in [-0.2, 0) is 16.0 Å². The number of carbonyl (C=O) groups is 2. The molecular formula is C11H13NO4. The highest BCUT2D eigenvalue weighted by Crippen LogP contribution is 2.07. The smallest absolute Gasteiger partial charge is 0.339 e. The van der Waals surface area contributed by atoms with Crippen molar-refractivity contribution in [2.24, 2.45) is 0 Å². The minimum absolute atomic E-state index is 0.0119. The largest absolute Gasteiger partial charge is 0.462 e. The van der Waals surface area contributed by atoms with Crippen molar-refractivity contribution in [1.29, 1.82) is 0 Å². The highest BCUT2D eigenvalue weighted by atomic mass is 16.5. The number of hydrogen-bond acceptors (Lipinski definition) is 4. The zero-order chi connectivity index (χ0) is 12.1. The van der Waals surface area contributed by atoms with E-state index < -0.39 is 5.97 Å². The number of aromatic nitrogens is 1. The number of aldehydes is 1. The highest BCUT2D eigenvalue weighted by Gasteiger charge is 2.13. The van der Waals surface area contributed by atoms with Crippen LogP contribution in [0.4, 0.5) is 0 Å². The molecule has 5 heteroatoms. The number of esters is 1. The van der Waals surface area contributed by atoms with Gasteiger partial charge in [0.05, 0.1) is 12.2 Å². The summed E-state index contributed by atoms with van der Waals surface area (Å²) in [5.74, 6) is -0.497. The van der Waals surface area contributed by atoms with Gasteiger partial charge in [0.15, 0.2) is 0 Å². The molecule has 1 N–H and O–H groups in total. The number of rotatable bonds is 4. The minimum atomic E-state index is -0.497. The maximum Gasteiger partial charge on any atom is 0.339 e. The number of ether oxygens (including phenoxy) is 1. The van der Waals surface area contributed by atoms with E-state index in [4.69, 9.17) is 4.74 Å². The fourth-order valence-electron chi connectivity index (χ4n) is 1.33. The number of nitrogens with one attached hydrogen (secondary N) is 1. The molecule has 1 heterocycles. The monoisotopic (exact) mass is 223 g/mol. The first-order chi connectivity index (χ1) is 7.60. The van der Waals surface area contributed by atoms with Gasteiger partial charge in [0, 0.05) is 17.7 Å². The molecule has 0 bridgehead atoms. The van der Waals surface area contributed by atoms with Crippen LogP contribution in [0.5, 0.6) is 0 Å². The molecule has 0 spiro atoms. The van der Waals surface area contributed by atoms with Gasteiger partial charge >= 0.3 is 5.97 Å². The topological polar surface area (TPSA) is 76.2 Å². The van der Waals surface area contributed by atoms with Crippen LogP contribution < -0.4 is 5.56 Å². The van der Waals surface area contributed by atoms with Crippen molar-refractivity contribution < 1.29 is 14.3 Å². The third-order valence-electron chi connectivity index (χ3n) is 2.11. The van der Waals surface area contributed by atoms with Crippen LogP contribution in [0.15, 0.2) is 10.9 Å². The van der Waals surface area contributed by atoms with Crippen LogP contribution in [0.1, 0.15) is 28.5 Å². The molecule has 5 nitrogen and oxygen atoms in total. The van der Waals surface area contributed by atoms with Gasteiger partial charge in [-0.2, -0.15) is 0 Å². The van der Waals surface area contributed by atoms with E-state index in [1.165, 1.54) is 6.07 Å². The third kappa shape index (κ3) is 2.56. The molecule has 0 atom stereocenters. The van der Waals surface area contributed by atoms with Crippen molar-refractivity contribution in [3.63, 3.8) is 0 Å². The second kappa shape index (κ2) is 5.25. The van der Waals surface area contributed by atoms with Gasteiger partial charge in [0.1, 0.15) is 6.29 Å². The Morgan fingerprint density at radius 1 is 1.56 bits per heavy atom. The van der Waals surface area contributed by atoms with E-state index in [2.05, 4.69) is 4.98 Å². The lowest BCUT2D eigenvalue weighted by Gasteiger charge is -2.06. The maximum atomic E-state index is 11.5. The van der Waals surface area contributed by atoms with E-state index in [0.717, 1.165) is 0 Å². The number of aromatic amines is 1. The fourth-order valence-corrected chi connectivity index (χ4v) is 1.33. The molecule has 0 aliphatic rings. The summed E-state index contributed by atoms with van der Waals surface area (Å²) in [7, 11) is 0. The normalized spacial score (nSPS) is 9.88. The molecule has 0 saturated heterocycles. The molecule has 0 fully saturated rings. The molecule has 0 aliphatic carbocycles. The van der Waals surface area contributed by atoms with Gasteiger partial charge in [-0.3, -0.25) is 4.79 Å². The van der Waals surface area contributed by atoms with Crippen molar-refractivity contribution >= 4 is 12.3 Å². The molecule has 86 valence electrons. The lowest BCUT2D eigenvalue weighted by Crippen LogP contribution is -2.18. The van der Waals surface area contributed by atoms with Gasteiger partial charge < -0.3 is 14.5 Å². The number of carbonyl (C=O) groups excluding carboxylic acids is 2. The van der Waals surface area contributed by atoms with Crippen molar-refractivity contribution in [2.45, 2.75) is 20.3 Å². The average Bonchev–Trinajstić information content (AvgIpc) is 2.22. The predicted octanol–water partition coefficient (Wildman–Crippen LogP) is 0.601. The minimum Gasteiger partial charge on any atom is -0.462 e. The predicted molar refractivity (Wildman–Crippen MR) is 57.5 cm³/mol. The standard InChI is InChI=1S/C11H13NO4/c1-3-16-11(15)9-6-8(4-5-13)10(14)12-7(9)2/h5-6H,3-4H2,1-2H3,(H,12,14). The van der Waals surface area contributed by atoms with Crippen LogP contribution in [-0.4, -0.2) is 23.8 Å². The second-order valence-corrected chi connectivity index (χ2v) is 3.25. The second-order valence-electron chi connectivity index (χ2n) is 3.25. The Balaban J connectivity index is 3.18. The summed E-state index contributed by atoms with van der Waals surface area (Å²) in [4.78, 5) is 35.8. The summed E-state index contributed by atoms with van der Waals surface area (Å²) in [5, 5.41) is 0. The molecule has 1 aromatic heterocycles. The van der Waals surface area contributed by atoms with E-state index >= 15 is 0 Å². The lowest BCUT2D eigenvalue weighted by molar-refractivity contribution is -0.107. The Morgan fingerprint density at radius 2 is 2.25 bits per heavy atom. The van der Waals surface area contributed by atoms with Crippen molar-refractivity contribution in [1.82, 2.24) is 4.98 Å². The lowest BCUT2D eigenvalue weighted by atomic mass is 10.1. The summed E-state index contributed by atoms with van der Waals surface area (Å²) in [5.41, 5.74) is 0.651. The zero-order valence-corrected chi connectivity index (χ0v) is 9.20. The summed E-state index contributed by atoms with van der Waals surface area (Å²) in [6.07, 6.45) is 0.608. The summed E-state index contributed by atoms with van der Waals surface area (Å²) in [6.45, 7) is 3.57. The third-order valence-corrected chi connectivity index (χ3v) is 2.11. The number of hydrogen-bond donors (Lipinski definition) is 1. The molecule has 0 radical (unpaired) electrons. The molecule has 0 unspecified atom stereocenters. The summed E-state index contributed by atoms with van der Waals surface area (Å²) in [6, 6.07) is 1.40. The molecule has 16 heavy (non-hydrogen) atoms. The molecule has 1 aromatic rings. The maximum absolute atomic E-state index is 11.5. The van der Waals surface area contributed by atoms with E-state index in [1.54, 1.807) is 13.8 Å². The van der Waals surface area contributed by atoms with Gasteiger partial charge in [0.2, 0.25) is 0 Å². The SMILES string of the molecule is CCOC(=O)c1cc(CC=O)c(=O)[nH]c1C. The van der Waals surface area contributed by atoms with Crippen LogP contribution in [0.2, 0.25) is 0 Å². The van der Waals surface area contributed by atoms with Gasteiger partial charge in [-0.05, 0) is 19.9 Å². The highest BCUT2D eigenvalue weighted by molar-refractivity contribution is 5.90. The zero-order valence-electron chi connectivity index (χ0n) is 9.20. The summed E-state index contributed by atoms with van der Waals surface area (Å²) < 4.78 is 4.83. The molecule has 0 aromatic carbocycles. The van der Waals surface area contributed by atoms with Crippen LogP contribution in [0, 0.1) is 6.92 Å². The molecule has 0 amide bonds. The number of pyridine rings is 1. The molecule has 1 rings (SSSR count). The molecule has 0 aliphatic heterocycles. The Morgan fingerprint density at radius 3 is 2.81 bits per heavy atom. The molecule has 0 saturated carbocycles. The Labute approximate surface area is 92.4 Å². The quantitative estimate of drug-likeness (QED) is 0.599. The van der Waals surface area contributed by atoms with Gasteiger partial charge in [-0.15, -0.1) is 0 Å². The first kappa shape index (κ1) is 12.2. The molecular weight excluding hydrogens is 210 g/mol. The Bertz CT molecular complexity index is 462. The van der Waals surface area contributed by atoms with E-state index in [0.29, 0.717) is 17.5 Å². The first-order valence-corrected chi connectivity index (χ1v) is 4.93. The Kier molecular flexibility index (Phi) is 3.99. The van der Waals surface area contributed by atoms with Gasteiger partial charge in [0.25, 0.3) is 5.56 Å². The van der Waals surface area contributed by atoms with Crippen LogP contribution >= 0.6 is 0 Å². The fraction of sp³-hybridized carbons (Fsp3) is 0.364. The first-order valence-electron chi connectivity index (χ1n) is 4.93. The average molecular weight is 223 g/mol. The summed E-state index contributed by atoms with van der Waals surface area (Å²) >= 11 is 0. The van der Waals surface area contributed by atoms with E-state index in [1.807, 2.05) is 0 Å². The van der Waals surface area contributed by atoms with Crippen molar-refractivity contribution in [3.05, 3.63) is 33.2 Å². The van der Waals surface area contributed by atoms with Gasteiger partial charge in [-0.25, -0.2) is 4.79 Å². The van der Waals surface area contributed by atoms with E-state index in [9.17, 15) is 14.4 Å². The Hall–Kier alpha value is -1.91.